The molecule has 4 heteroatoms. The number of benzene rings is 1. The summed E-state index contributed by atoms with van der Waals surface area (Å²) in [6.45, 7) is 6.44. The Morgan fingerprint density at radius 3 is 3.00 bits per heavy atom. The number of ketones is 1. The van der Waals surface area contributed by atoms with E-state index in [-0.39, 0.29) is 11.9 Å². The van der Waals surface area contributed by atoms with E-state index in [4.69, 9.17) is 4.74 Å². The second-order valence-corrected chi connectivity index (χ2v) is 6.21. The van der Waals surface area contributed by atoms with Crippen LogP contribution in [0.3, 0.4) is 0 Å². The quantitative estimate of drug-likeness (QED) is 0.758. The highest BCUT2D eigenvalue weighted by Crippen LogP contribution is 2.28. The smallest absolute Gasteiger partial charge is 0.161 e. The largest absolute Gasteiger partial charge is 0.376 e. The number of nitrogens with zero attached hydrogens (tertiary/aromatic N) is 1. The van der Waals surface area contributed by atoms with Crippen molar-refractivity contribution in [2.45, 2.75) is 39.2 Å². The van der Waals surface area contributed by atoms with Gasteiger partial charge in [-0.05, 0) is 44.4 Å². The Morgan fingerprint density at radius 1 is 1.50 bits per heavy atom. The lowest BCUT2D eigenvalue weighted by Gasteiger charge is -2.35. The van der Waals surface area contributed by atoms with Crippen molar-refractivity contribution in [2.24, 2.45) is 0 Å². The maximum Gasteiger partial charge on any atom is 0.161 e. The van der Waals surface area contributed by atoms with Crippen LogP contribution >= 0.6 is 15.9 Å². The summed E-state index contributed by atoms with van der Waals surface area (Å²) >= 11 is 3.44. The highest BCUT2D eigenvalue weighted by molar-refractivity contribution is 9.10. The van der Waals surface area contributed by atoms with Gasteiger partial charge in [-0.1, -0.05) is 22.9 Å². The topological polar surface area (TPSA) is 29.5 Å². The number of carbonyl (C=O) groups excluding carboxylic acids is 1. The van der Waals surface area contributed by atoms with Crippen LogP contribution in [0.4, 0.5) is 5.69 Å². The molecule has 1 aromatic carbocycles. The summed E-state index contributed by atoms with van der Waals surface area (Å²) in [5, 5.41) is 0. The van der Waals surface area contributed by atoms with Gasteiger partial charge in [0.25, 0.3) is 0 Å². The van der Waals surface area contributed by atoms with E-state index in [1.165, 1.54) is 0 Å². The van der Waals surface area contributed by atoms with E-state index in [9.17, 15) is 4.79 Å². The minimum Gasteiger partial charge on any atom is -0.376 e. The maximum atomic E-state index is 11.8. The molecule has 0 saturated carbocycles. The molecule has 2 rings (SSSR count). The van der Waals surface area contributed by atoms with Crippen LogP contribution in [-0.2, 0) is 4.74 Å². The predicted octanol–water partition coefficient (Wildman–Crippen LogP) is 4.05. The van der Waals surface area contributed by atoms with Gasteiger partial charge in [-0.15, -0.1) is 0 Å². The van der Waals surface area contributed by atoms with Crippen molar-refractivity contribution in [3.05, 3.63) is 28.2 Å². The molecule has 1 aliphatic rings. The third-order valence-corrected chi connectivity index (χ3v) is 4.11. The van der Waals surface area contributed by atoms with E-state index in [1.54, 1.807) is 6.92 Å². The predicted molar refractivity (Wildman–Crippen MR) is 85.6 cm³/mol. The van der Waals surface area contributed by atoms with E-state index in [2.05, 4.69) is 27.8 Å². The van der Waals surface area contributed by atoms with Gasteiger partial charge in [-0.3, -0.25) is 4.79 Å². The Balaban J connectivity index is 2.16. The lowest BCUT2D eigenvalue weighted by Crippen LogP contribution is -2.40. The second-order valence-electron chi connectivity index (χ2n) is 5.30. The zero-order valence-electron chi connectivity index (χ0n) is 12.2. The molecule has 0 bridgehead atoms. The van der Waals surface area contributed by atoms with Gasteiger partial charge in [0.2, 0.25) is 0 Å². The summed E-state index contributed by atoms with van der Waals surface area (Å²) in [7, 11) is 0. The van der Waals surface area contributed by atoms with Crippen molar-refractivity contribution in [1.29, 1.82) is 0 Å². The molecule has 1 fully saturated rings. The summed E-state index contributed by atoms with van der Waals surface area (Å²) in [5.41, 5.74) is 1.82. The first-order valence-corrected chi connectivity index (χ1v) is 8.08. The molecule has 0 N–H and O–H groups in total. The fourth-order valence-electron chi connectivity index (χ4n) is 2.64. The van der Waals surface area contributed by atoms with Gasteiger partial charge in [0.1, 0.15) is 0 Å². The molecule has 1 heterocycles. The van der Waals surface area contributed by atoms with Crippen molar-refractivity contribution in [3.8, 4) is 0 Å². The molecule has 0 spiro atoms. The Bertz CT molecular complexity index is 476. The van der Waals surface area contributed by atoms with Gasteiger partial charge < -0.3 is 9.64 Å². The Labute approximate surface area is 129 Å². The van der Waals surface area contributed by atoms with Crippen molar-refractivity contribution in [2.75, 3.05) is 24.6 Å². The summed E-state index contributed by atoms with van der Waals surface area (Å²) in [5.74, 6) is 0.109. The monoisotopic (exact) mass is 339 g/mol. The zero-order valence-corrected chi connectivity index (χ0v) is 13.8. The Hall–Kier alpha value is -0.870. The first kappa shape index (κ1) is 15.5. The van der Waals surface area contributed by atoms with E-state index in [1.807, 2.05) is 18.2 Å². The number of rotatable bonds is 5. The number of hydrogen-bond acceptors (Lipinski definition) is 3. The molecule has 1 unspecified atom stereocenters. The van der Waals surface area contributed by atoms with E-state index < -0.39 is 0 Å². The van der Waals surface area contributed by atoms with Crippen molar-refractivity contribution in [1.82, 2.24) is 0 Å². The van der Waals surface area contributed by atoms with Crippen LogP contribution in [0.15, 0.2) is 22.7 Å². The lowest BCUT2D eigenvalue weighted by molar-refractivity contribution is 0.0440. The standard InChI is InChI=1S/C16H22BrNO2/c1-3-9-20-14-5-4-8-18(11-14)16-7-6-13(17)10-15(16)12(2)19/h6-7,10,14H,3-5,8-9,11H2,1-2H3. The molecule has 1 atom stereocenters. The van der Waals surface area contributed by atoms with Gasteiger partial charge in [-0.25, -0.2) is 0 Å². The van der Waals surface area contributed by atoms with Crippen molar-refractivity contribution >= 4 is 27.4 Å². The number of piperidine rings is 1. The van der Waals surface area contributed by atoms with Crippen LogP contribution in [0.1, 0.15) is 43.5 Å². The van der Waals surface area contributed by atoms with Crippen LogP contribution < -0.4 is 4.90 Å². The maximum absolute atomic E-state index is 11.8. The third-order valence-electron chi connectivity index (χ3n) is 3.61. The molecule has 0 aliphatic carbocycles. The van der Waals surface area contributed by atoms with Crippen LogP contribution in [0.25, 0.3) is 0 Å². The molecular weight excluding hydrogens is 318 g/mol. The first-order chi connectivity index (χ1) is 9.61. The molecule has 3 nitrogen and oxygen atoms in total. The average molecular weight is 340 g/mol. The summed E-state index contributed by atoms with van der Waals surface area (Å²) < 4.78 is 6.82. The van der Waals surface area contributed by atoms with Crippen LogP contribution in [0.2, 0.25) is 0 Å². The zero-order chi connectivity index (χ0) is 14.5. The fraction of sp³-hybridized carbons (Fsp3) is 0.562. The van der Waals surface area contributed by atoms with Gasteiger partial charge in [0, 0.05) is 35.4 Å². The number of hydrogen-bond donors (Lipinski definition) is 0. The number of Topliss-reactive ketones (excluding diaryl/α,β-unsaturated/α-hetero) is 1. The second kappa shape index (κ2) is 7.23. The highest BCUT2D eigenvalue weighted by Gasteiger charge is 2.23. The molecule has 1 aliphatic heterocycles. The fourth-order valence-corrected chi connectivity index (χ4v) is 3.00. The lowest BCUT2D eigenvalue weighted by atomic mass is 10.0. The van der Waals surface area contributed by atoms with E-state index in [0.717, 1.165) is 54.7 Å². The average Bonchev–Trinajstić information content (AvgIpc) is 2.45. The minimum absolute atomic E-state index is 0.109. The van der Waals surface area contributed by atoms with Gasteiger partial charge in [0.05, 0.1) is 6.10 Å². The minimum atomic E-state index is 0.109. The van der Waals surface area contributed by atoms with E-state index in [0.29, 0.717) is 0 Å². The normalized spacial score (nSPS) is 19.1. The van der Waals surface area contributed by atoms with Crippen LogP contribution in [0.5, 0.6) is 0 Å². The molecule has 1 saturated heterocycles. The number of halogens is 1. The van der Waals surface area contributed by atoms with Crippen LogP contribution in [0, 0.1) is 0 Å². The summed E-state index contributed by atoms with van der Waals surface area (Å²) in [6, 6.07) is 5.94. The number of carbonyl (C=O) groups is 1. The molecular formula is C16H22BrNO2. The highest BCUT2D eigenvalue weighted by atomic mass is 79.9. The van der Waals surface area contributed by atoms with Crippen molar-refractivity contribution in [3.63, 3.8) is 0 Å². The Morgan fingerprint density at radius 2 is 2.30 bits per heavy atom. The van der Waals surface area contributed by atoms with Gasteiger partial charge in [0.15, 0.2) is 5.78 Å². The number of anilines is 1. The van der Waals surface area contributed by atoms with Gasteiger partial charge in [-0.2, -0.15) is 0 Å². The molecule has 0 aromatic heterocycles. The SMILES string of the molecule is CCCOC1CCCN(c2ccc(Br)cc2C(C)=O)C1. The summed E-state index contributed by atoms with van der Waals surface area (Å²) in [4.78, 5) is 14.1. The van der Waals surface area contributed by atoms with Crippen LogP contribution in [-0.4, -0.2) is 31.6 Å². The third kappa shape index (κ3) is 3.83. The summed E-state index contributed by atoms with van der Waals surface area (Å²) in [6.07, 6.45) is 3.56. The Kier molecular flexibility index (Phi) is 5.61. The molecule has 110 valence electrons. The first-order valence-electron chi connectivity index (χ1n) is 7.29. The number of ether oxygens (including phenoxy) is 1. The molecule has 1 aromatic rings. The van der Waals surface area contributed by atoms with Crippen molar-refractivity contribution < 1.29 is 9.53 Å². The van der Waals surface area contributed by atoms with Gasteiger partial charge >= 0.3 is 0 Å². The van der Waals surface area contributed by atoms with E-state index >= 15 is 0 Å². The molecule has 0 amide bonds. The molecule has 0 radical (unpaired) electrons. The molecule has 20 heavy (non-hydrogen) atoms.